The number of rotatable bonds is 3. The average molecular weight is 250 g/mol. The summed E-state index contributed by atoms with van der Waals surface area (Å²) in [5, 5.41) is 0. The summed E-state index contributed by atoms with van der Waals surface area (Å²) < 4.78 is 0. The van der Waals surface area contributed by atoms with Gasteiger partial charge in [0.2, 0.25) is 0 Å². The molecule has 0 saturated heterocycles. The Morgan fingerprint density at radius 1 is 0.737 bits per heavy atom. The Morgan fingerprint density at radius 3 is 2.11 bits per heavy atom. The van der Waals surface area contributed by atoms with Crippen molar-refractivity contribution < 1.29 is 0 Å². The fourth-order valence-electron chi connectivity index (χ4n) is 3.51. The maximum Gasteiger partial charge on any atom is -0.0130 e. The maximum atomic E-state index is 2.31. The van der Waals surface area contributed by atoms with Gasteiger partial charge in [0.15, 0.2) is 0 Å². The highest BCUT2D eigenvalue weighted by Crippen LogP contribution is 2.39. The highest BCUT2D eigenvalue weighted by atomic mass is 14.3. The third kappa shape index (κ3) is 3.07. The quantitative estimate of drug-likeness (QED) is 0.702. The predicted molar refractivity (Wildman–Crippen MR) is 81.3 cm³/mol. The molecule has 0 spiro atoms. The Morgan fingerprint density at radius 2 is 1.37 bits per heavy atom. The molecule has 0 aliphatic heterocycles. The van der Waals surface area contributed by atoms with Gasteiger partial charge in [0, 0.05) is 0 Å². The van der Waals surface area contributed by atoms with Crippen LogP contribution in [0.2, 0.25) is 0 Å². The molecule has 0 unspecified atom stereocenters. The molecular weight excluding hydrogens is 228 g/mol. The zero-order valence-corrected chi connectivity index (χ0v) is 11.5. The highest BCUT2D eigenvalue weighted by molar-refractivity contribution is 5.23. The Hall–Kier alpha value is -1.56. The number of hydrogen-bond acceptors (Lipinski definition) is 0. The van der Waals surface area contributed by atoms with Crippen LogP contribution in [0.4, 0.5) is 0 Å². The second kappa shape index (κ2) is 6.06. The lowest BCUT2D eigenvalue weighted by Gasteiger charge is -2.32. The van der Waals surface area contributed by atoms with Crippen LogP contribution < -0.4 is 0 Å². The van der Waals surface area contributed by atoms with Gasteiger partial charge >= 0.3 is 0 Å². The molecule has 0 bridgehead atoms. The zero-order chi connectivity index (χ0) is 12.9. The zero-order valence-electron chi connectivity index (χ0n) is 11.5. The summed E-state index contributed by atoms with van der Waals surface area (Å²) in [6.45, 7) is 0. The molecule has 0 nitrogen and oxygen atoms in total. The van der Waals surface area contributed by atoms with Crippen molar-refractivity contribution in [1.29, 1.82) is 0 Å². The van der Waals surface area contributed by atoms with Crippen molar-refractivity contribution in [3.05, 3.63) is 71.8 Å². The first-order valence-corrected chi connectivity index (χ1v) is 7.52. The van der Waals surface area contributed by atoms with Crippen LogP contribution in [0.1, 0.15) is 42.7 Å². The number of hydrogen-bond donors (Lipinski definition) is 0. The summed E-state index contributed by atoms with van der Waals surface area (Å²) in [6.07, 6.45) is 6.78. The van der Waals surface area contributed by atoms with Crippen LogP contribution in [0.25, 0.3) is 0 Å². The van der Waals surface area contributed by atoms with Gasteiger partial charge in [0.05, 0.1) is 0 Å². The van der Waals surface area contributed by atoms with Crippen LogP contribution in [-0.4, -0.2) is 0 Å². The molecule has 3 rings (SSSR count). The third-order valence-electron chi connectivity index (χ3n) is 4.48. The van der Waals surface area contributed by atoms with E-state index in [0.29, 0.717) is 0 Å². The van der Waals surface area contributed by atoms with Gasteiger partial charge in [-0.05, 0) is 42.2 Å². The fourth-order valence-corrected chi connectivity index (χ4v) is 3.51. The summed E-state index contributed by atoms with van der Waals surface area (Å²) >= 11 is 0. The van der Waals surface area contributed by atoms with Gasteiger partial charge in [-0.1, -0.05) is 73.5 Å². The molecule has 98 valence electrons. The van der Waals surface area contributed by atoms with E-state index in [-0.39, 0.29) is 0 Å². The topological polar surface area (TPSA) is 0 Å². The molecule has 0 aromatic heterocycles. The molecule has 0 N–H and O–H groups in total. The van der Waals surface area contributed by atoms with E-state index in [1.54, 1.807) is 5.56 Å². The normalized spacial score (nSPS) is 23.2. The average Bonchev–Trinajstić information content (AvgIpc) is 2.50. The molecule has 0 heteroatoms. The molecule has 1 aliphatic carbocycles. The summed E-state index contributed by atoms with van der Waals surface area (Å²) in [5.74, 6) is 1.58. The third-order valence-corrected chi connectivity index (χ3v) is 4.48. The molecule has 0 radical (unpaired) electrons. The van der Waals surface area contributed by atoms with Crippen molar-refractivity contribution in [2.45, 2.75) is 38.0 Å². The lowest BCUT2D eigenvalue weighted by Crippen LogP contribution is -2.19. The van der Waals surface area contributed by atoms with Crippen molar-refractivity contribution >= 4 is 0 Å². The van der Waals surface area contributed by atoms with Crippen LogP contribution in [0.5, 0.6) is 0 Å². The monoisotopic (exact) mass is 250 g/mol. The van der Waals surface area contributed by atoms with Crippen molar-refractivity contribution in [3.8, 4) is 0 Å². The first-order valence-electron chi connectivity index (χ1n) is 7.52. The van der Waals surface area contributed by atoms with Crippen molar-refractivity contribution in [1.82, 2.24) is 0 Å². The van der Waals surface area contributed by atoms with E-state index in [0.717, 1.165) is 11.8 Å². The van der Waals surface area contributed by atoms with E-state index in [1.807, 2.05) is 0 Å². The van der Waals surface area contributed by atoms with E-state index in [4.69, 9.17) is 0 Å². The minimum atomic E-state index is 0.759. The van der Waals surface area contributed by atoms with Gasteiger partial charge in [-0.3, -0.25) is 0 Å². The highest BCUT2D eigenvalue weighted by Gasteiger charge is 2.26. The first-order chi connectivity index (χ1) is 9.43. The second-order valence-corrected chi connectivity index (χ2v) is 5.75. The molecule has 1 aliphatic rings. The minimum Gasteiger partial charge on any atom is -0.0622 e. The Bertz CT molecular complexity index is 486. The predicted octanol–water partition coefficient (Wildman–Crippen LogP) is 5.20. The lowest BCUT2D eigenvalue weighted by atomic mass is 9.73. The summed E-state index contributed by atoms with van der Waals surface area (Å²) in [5.41, 5.74) is 3.04. The van der Waals surface area contributed by atoms with Crippen LogP contribution in [0.3, 0.4) is 0 Å². The Labute approximate surface area is 116 Å². The molecule has 19 heavy (non-hydrogen) atoms. The minimum absolute atomic E-state index is 0.759. The van der Waals surface area contributed by atoms with Crippen LogP contribution in [0.15, 0.2) is 60.7 Å². The van der Waals surface area contributed by atoms with Gasteiger partial charge < -0.3 is 0 Å². The maximum absolute atomic E-state index is 2.31. The van der Waals surface area contributed by atoms with Gasteiger partial charge in [-0.2, -0.15) is 0 Å². The van der Waals surface area contributed by atoms with E-state index in [2.05, 4.69) is 60.7 Å². The molecule has 2 aromatic carbocycles. The molecule has 2 aromatic rings. The summed E-state index contributed by atoms with van der Waals surface area (Å²) in [4.78, 5) is 0. The van der Waals surface area contributed by atoms with Crippen molar-refractivity contribution in [2.75, 3.05) is 0 Å². The summed E-state index contributed by atoms with van der Waals surface area (Å²) in [7, 11) is 0. The van der Waals surface area contributed by atoms with E-state index >= 15 is 0 Å². The van der Waals surface area contributed by atoms with Crippen molar-refractivity contribution in [3.63, 3.8) is 0 Å². The molecule has 1 saturated carbocycles. The first kappa shape index (κ1) is 12.5. The molecular formula is C19H22. The molecule has 2 atom stereocenters. The van der Waals surface area contributed by atoms with E-state index in [9.17, 15) is 0 Å². The Balaban J connectivity index is 1.78. The second-order valence-electron chi connectivity index (χ2n) is 5.75. The van der Waals surface area contributed by atoms with Crippen LogP contribution in [-0.2, 0) is 6.42 Å². The van der Waals surface area contributed by atoms with Gasteiger partial charge in [0.25, 0.3) is 0 Å². The molecule has 0 amide bonds. The largest absolute Gasteiger partial charge is 0.0622 e. The summed E-state index contributed by atoms with van der Waals surface area (Å²) in [6, 6.07) is 22.1. The Kier molecular flexibility index (Phi) is 3.98. The van der Waals surface area contributed by atoms with Gasteiger partial charge in [-0.15, -0.1) is 0 Å². The van der Waals surface area contributed by atoms with Crippen LogP contribution in [0, 0.1) is 5.92 Å². The van der Waals surface area contributed by atoms with Crippen molar-refractivity contribution in [2.24, 2.45) is 5.92 Å². The SMILES string of the molecule is c1ccc(C[C@@H]2CCCC[C@@H]2c2ccccc2)cc1. The van der Waals surface area contributed by atoms with Gasteiger partial charge in [0.1, 0.15) is 0 Å². The standard InChI is InChI=1S/C19H22/c1-3-9-16(10-4-1)15-18-13-7-8-14-19(18)17-11-5-2-6-12-17/h1-6,9-12,18-19H,7-8,13-15H2/t18-,19+/m0/s1. The smallest absolute Gasteiger partial charge is 0.0130 e. The number of benzene rings is 2. The lowest BCUT2D eigenvalue weighted by molar-refractivity contribution is 0.305. The van der Waals surface area contributed by atoms with E-state index < -0.39 is 0 Å². The fraction of sp³-hybridized carbons (Fsp3) is 0.368. The van der Waals surface area contributed by atoms with E-state index in [1.165, 1.54) is 37.7 Å². The van der Waals surface area contributed by atoms with Crippen LogP contribution >= 0.6 is 0 Å². The molecule has 1 fully saturated rings. The van der Waals surface area contributed by atoms with Gasteiger partial charge in [-0.25, -0.2) is 0 Å². The molecule has 0 heterocycles.